The minimum absolute atomic E-state index is 0.192. The van der Waals surface area contributed by atoms with E-state index in [-0.39, 0.29) is 12.6 Å². The molecule has 2 aromatic carbocycles. The second-order valence-corrected chi connectivity index (χ2v) is 5.70. The highest BCUT2D eigenvalue weighted by molar-refractivity contribution is 6.02. The largest absolute Gasteiger partial charge is 0.447 e. The molecule has 1 heterocycles. The highest BCUT2D eigenvalue weighted by Crippen LogP contribution is 2.18. The van der Waals surface area contributed by atoms with Crippen molar-refractivity contribution in [2.24, 2.45) is 0 Å². The first-order valence-corrected chi connectivity index (χ1v) is 7.89. The average Bonchev–Trinajstić information content (AvgIpc) is 3.01. The van der Waals surface area contributed by atoms with Crippen LogP contribution in [-0.4, -0.2) is 29.5 Å². The molecule has 3 rings (SSSR count). The molecule has 0 saturated carbocycles. The van der Waals surface area contributed by atoms with Gasteiger partial charge in [0.2, 0.25) is 0 Å². The van der Waals surface area contributed by atoms with Crippen LogP contribution in [0.4, 0.5) is 4.79 Å². The summed E-state index contributed by atoms with van der Waals surface area (Å²) in [4.78, 5) is 25.5. The number of hydrogen-bond acceptors (Lipinski definition) is 4. The summed E-state index contributed by atoms with van der Waals surface area (Å²) in [6, 6.07) is 18.3. The molecule has 1 aliphatic heterocycles. The van der Waals surface area contributed by atoms with Crippen LogP contribution < -0.4 is 0 Å². The zero-order valence-corrected chi connectivity index (χ0v) is 13.5. The Balaban J connectivity index is 1.73. The van der Waals surface area contributed by atoms with Gasteiger partial charge >= 0.3 is 6.09 Å². The summed E-state index contributed by atoms with van der Waals surface area (Å²) >= 11 is 0. The summed E-state index contributed by atoms with van der Waals surface area (Å²) < 4.78 is 5.05. The fraction of sp³-hybridized carbons (Fsp3) is 0.150. The summed E-state index contributed by atoms with van der Waals surface area (Å²) in [5.41, 5.74) is 2.27. The van der Waals surface area contributed by atoms with Crippen LogP contribution in [0, 0.1) is 11.3 Å². The molecule has 1 saturated heterocycles. The van der Waals surface area contributed by atoms with Crippen LogP contribution in [0.2, 0.25) is 0 Å². The van der Waals surface area contributed by atoms with E-state index in [9.17, 15) is 9.59 Å². The number of nitrogens with zero attached hydrogens (tertiary/aromatic N) is 2. The first-order valence-electron chi connectivity index (χ1n) is 7.89. The maximum absolute atomic E-state index is 12.5. The molecule has 0 aromatic heterocycles. The van der Waals surface area contributed by atoms with Crippen molar-refractivity contribution >= 4 is 18.1 Å². The number of nitriles is 1. The monoisotopic (exact) mass is 332 g/mol. The van der Waals surface area contributed by atoms with Crippen LogP contribution in [0.25, 0.3) is 6.08 Å². The second-order valence-electron chi connectivity index (χ2n) is 5.70. The molecule has 0 unspecified atom stereocenters. The molecule has 1 fully saturated rings. The van der Waals surface area contributed by atoms with E-state index in [1.807, 2.05) is 36.4 Å². The minimum atomic E-state index is -0.624. The fourth-order valence-electron chi connectivity index (χ4n) is 2.73. The van der Waals surface area contributed by atoms with Gasteiger partial charge in [0.1, 0.15) is 6.61 Å². The van der Waals surface area contributed by atoms with Crippen molar-refractivity contribution in [3.05, 3.63) is 77.4 Å². The number of rotatable bonds is 4. The van der Waals surface area contributed by atoms with Crippen LogP contribution in [-0.2, 0) is 16.0 Å². The van der Waals surface area contributed by atoms with E-state index in [1.54, 1.807) is 30.3 Å². The lowest BCUT2D eigenvalue weighted by atomic mass is 10.1. The van der Waals surface area contributed by atoms with Gasteiger partial charge in [-0.3, -0.25) is 4.79 Å². The van der Waals surface area contributed by atoms with E-state index in [1.165, 1.54) is 6.08 Å². The van der Waals surface area contributed by atoms with Crippen LogP contribution in [0.1, 0.15) is 16.7 Å². The number of benzene rings is 2. The van der Waals surface area contributed by atoms with Crippen molar-refractivity contribution in [1.29, 1.82) is 5.26 Å². The van der Waals surface area contributed by atoms with E-state index in [0.29, 0.717) is 12.0 Å². The van der Waals surface area contributed by atoms with Gasteiger partial charge in [-0.2, -0.15) is 5.26 Å². The Morgan fingerprint density at radius 1 is 1.24 bits per heavy atom. The predicted molar refractivity (Wildman–Crippen MR) is 92.3 cm³/mol. The maximum atomic E-state index is 12.5. The summed E-state index contributed by atoms with van der Waals surface area (Å²) in [5.74, 6) is -0.425. The first kappa shape index (κ1) is 16.5. The quantitative estimate of drug-likeness (QED) is 0.806. The molecule has 0 spiro atoms. The lowest BCUT2D eigenvalue weighted by Crippen LogP contribution is -2.39. The van der Waals surface area contributed by atoms with Crippen molar-refractivity contribution < 1.29 is 14.3 Å². The summed E-state index contributed by atoms with van der Waals surface area (Å²) in [5, 5.41) is 8.91. The van der Waals surface area contributed by atoms with Crippen LogP contribution in [0.3, 0.4) is 0 Å². The molecule has 5 heteroatoms. The standard InChI is InChI=1S/C20H16N2O3/c21-13-17-8-4-7-16(11-17)9-10-19(23)22-18(14-25-20(22)24)12-15-5-2-1-3-6-15/h1-11,18H,12,14H2/t18-/m0/s1. The zero-order valence-electron chi connectivity index (χ0n) is 13.5. The van der Waals surface area contributed by atoms with Crippen LogP contribution in [0.5, 0.6) is 0 Å². The molecule has 2 aromatic rings. The molecule has 124 valence electrons. The fourth-order valence-corrected chi connectivity index (χ4v) is 2.73. The third-order valence-corrected chi connectivity index (χ3v) is 3.95. The van der Waals surface area contributed by atoms with Gasteiger partial charge in [0, 0.05) is 6.08 Å². The Hall–Kier alpha value is -3.39. The Morgan fingerprint density at radius 2 is 2.04 bits per heavy atom. The third-order valence-electron chi connectivity index (χ3n) is 3.95. The minimum Gasteiger partial charge on any atom is -0.447 e. The highest BCUT2D eigenvalue weighted by Gasteiger charge is 2.36. The molecule has 0 bridgehead atoms. The van der Waals surface area contributed by atoms with Gasteiger partial charge in [-0.25, -0.2) is 9.69 Å². The SMILES string of the molecule is N#Cc1cccc(C=CC(=O)N2C(=O)OC[C@@H]2Cc2ccccc2)c1. The van der Waals surface area contributed by atoms with Crippen LogP contribution >= 0.6 is 0 Å². The van der Waals surface area contributed by atoms with Gasteiger partial charge in [0.15, 0.2) is 0 Å². The van der Waals surface area contributed by atoms with Crippen LogP contribution in [0.15, 0.2) is 60.7 Å². The number of carbonyl (C=O) groups is 2. The van der Waals surface area contributed by atoms with Gasteiger partial charge in [-0.15, -0.1) is 0 Å². The Morgan fingerprint density at radius 3 is 2.80 bits per heavy atom. The molecule has 0 radical (unpaired) electrons. The highest BCUT2D eigenvalue weighted by atomic mass is 16.6. The number of amides is 2. The maximum Gasteiger partial charge on any atom is 0.417 e. The normalized spacial score (nSPS) is 16.7. The van der Waals surface area contributed by atoms with Crippen molar-refractivity contribution in [3.8, 4) is 6.07 Å². The number of imide groups is 1. The average molecular weight is 332 g/mol. The van der Waals surface area contributed by atoms with Crippen molar-refractivity contribution in [1.82, 2.24) is 4.90 Å². The molecular weight excluding hydrogens is 316 g/mol. The lowest BCUT2D eigenvalue weighted by molar-refractivity contribution is -0.124. The smallest absolute Gasteiger partial charge is 0.417 e. The third kappa shape index (κ3) is 3.93. The van der Waals surface area contributed by atoms with Crippen molar-refractivity contribution in [2.75, 3.05) is 6.61 Å². The van der Waals surface area contributed by atoms with Gasteiger partial charge in [-0.05, 0) is 35.8 Å². The molecule has 1 atom stereocenters. The molecule has 0 N–H and O–H groups in total. The van der Waals surface area contributed by atoms with Crippen molar-refractivity contribution in [2.45, 2.75) is 12.5 Å². The predicted octanol–water partition coefficient (Wildman–Crippen LogP) is 3.16. The molecule has 0 aliphatic carbocycles. The number of carbonyl (C=O) groups excluding carboxylic acids is 2. The molecule has 5 nitrogen and oxygen atoms in total. The molecule has 2 amide bonds. The zero-order chi connectivity index (χ0) is 17.6. The summed E-state index contributed by atoms with van der Waals surface area (Å²) in [7, 11) is 0. The number of cyclic esters (lactones) is 1. The van der Waals surface area contributed by atoms with Gasteiger partial charge in [0.25, 0.3) is 5.91 Å². The van der Waals surface area contributed by atoms with Gasteiger partial charge in [0.05, 0.1) is 17.7 Å². The Bertz CT molecular complexity index is 853. The number of hydrogen-bond donors (Lipinski definition) is 0. The number of ether oxygens (including phenoxy) is 1. The first-order chi connectivity index (χ1) is 12.2. The molecule has 1 aliphatic rings. The Labute approximate surface area is 145 Å². The van der Waals surface area contributed by atoms with Crippen molar-refractivity contribution in [3.63, 3.8) is 0 Å². The lowest BCUT2D eigenvalue weighted by Gasteiger charge is -2.18. The van der Waals surface area contributed by atoms with E-state index in [2.05, 4.69) is 0 Å². The summed E-state index contributed by atoms with van der Waals surface area (Å²) in [6.07, 6.45) is 2.85. The van der Waals surface area contributed by atoms with E-state index >= 15 is 0 Å². The second kappa shape index (κ2) is 7.45. The summed E-state index contributed by atoms with van der Waals surface area (Å²) in [6.45, 7) is 0.192. The van der Waals surface area contributed by atoms with E-state index in [0.717, 1.165) is 16.0 Å². The van der Waals surface area contributed by atoms with Gasteiger partial charge < -0.3 is 4.74 Å². The van der Waals surface area contributed by atoms with Gasteiger partial charge in [-0.1, -0.05) is 42.5 Å². The van der Waals surface area contributed by atoms with E-state index < -0.39 is 12.0 Å². The topological polar surface area (TPSA) is 70.4 Å². The van der Waals surface area contributed by atoms with E-state index in [4.69, 9.17) is 10.00 Å². The molecule has 25 heavy (non-hydrogen) atoms. The molecular formula is C20H16N2O3. The Kier molecular flexibility index (Phi) is 4.91.